The van der Waals surface area contributed by atoms with Crippen LogP contribution in [-0.2, 0) is 6.18 Å². The van der Waals surface area contributed by atoms with E-state index in [4.69, 9.17) is 0 Å². The molecule has 8 heteroatoms. The second-order valence-electron chi connectivity index (χ2n) is 4.91. The summed E-state index contributed by atoms with van der Waals surface area (Å²) in [6.07, 6.45) is -0.383. The molecule has 0 radical (unpaired) electrons. The number of thioether (sulfide) groups is 1. The molecule has 2 rings (SSSR count). The lowest BCUT2D eigenvalue weighted by molar-refractivity contribution is -0.137. The lowest BCUT2D eigenvalue weighted by Gasteiger charge is -2.19. The molecule has 0 spiro atoms. The molecule has 0 atom stereocenters. The van der Waals surface area contributed by atoms with Crippen LogP contribution in [0.1, 0.15) is 18.4 Å². The van der Waals surface area contributed by atoms with Gasteiger partial charge in [-0.1, -0.05) is 0 Å². The molecule has 23 heavy (non-hydrogen) atoms. The van der Waals surface area contributed by atoms with E-state index in [-0.39, 0.29) is 11.4 Å². The number of halogens is 3. The Morgan fingerprint density at radius 1 is 1.22 bits per heavy atom. The summed E-state index contributed by atoms with van der Waals surface area (Å²) >= 11 is 1.42. The van der Waals surface area contributed by atoms with E-state index in [1.54, 1.807) is 0 Å². The Kier molecular flexibility index (Phi) is 5.66. The Balaban J connectivity index is 2.20. The van der Waals surface area contributed by atoms with Crippen LogP contribution >= 0.6 is 11.8 Å². The summed E-state index contributed by atoms with van der Waals surface area (Å²) in [6.45, 7) is 1.74. The van der Waals surface area contributed by atoms with E-state index in [0.717, 1.165) is 43.1 Å². The predicted octanol–water partition coefficient (Wildman–Crippen LogP) is 4.94. The summed E-state index contributed by atoms with van der Waals surface area (Å²) in [5.41, 5.74) is -0.290. The van der Waals surface area contributed by atoms with Crippen molar-refractivity contribution in [3.05, 3.63) is 40.6 Å². The van der Waals surface area contributed by atoms with Gasteiger partial charge in [0.25, 0.3) is 0 Å². The fourth-order valence-corrected chi connectivity index (χ4v) is 2.95. The van der Waals surface area contributed by atoms with Gasteiger partial charge in [0.1, 0.15) is 11.1 Å². The van der Waals surface area contributed by atoms with Crippen molar-refractivity contribution in [1.82, 2.24) is 4.90 Å². The molecule has 1 aromatic rings. The van der Waals surface area contributed by atoms with Gasteiger partial charge in [-0.15, -0.1) is 22.0 Å². The summed E-state index contributed by atoms with van der Waals surface area (Å²) in [5, 5.41) is 17.8. The fourth-order valence-electron chi connectivity index (χ4n) is 2.23. The first kappa shape index (κ1) is 17.3. The lowest BCUT2D eigenvalue weighted by Crippen LogP contribution is -2.17. The molecule has 0 unspecified atom stereocenters. The van der Waals surface area contributed by atoms with Crippen LogP contribution in [0.5, 0.6) is 0 Å². The lowest BCUT2D eigenvalue weighted by atomic mass is 10.2. The van der Waals surface area contributed by atoms with Crippen LogP contribution < -0.4 is 0 Å². The normalized spacial score (nSPS) is 16.6. The number of nitriles is 1. The van der Waals surface area contributed by atoms with Crippen molar-refractivity contribution in [3.63, 3.8) is 0 Å². The molecule has 1 aliphatic rings. The first-order chi connectivity index (χ1) is 11.0. The third-order valence-corrected chi connectivity index (χ3v) is 4.19. The van der Waals surface area contributed by atoms with E-state index >= 15 is 0 Å². The maximum Gasteiger partial charge on any atom is 0.416 e. The van der Waals surface area contributed by atoms with Gasteiger partial charge in [-0.05, 0) is 43.4 Å². The summed E-state index contributed by atoms with van der Waals surface area (Å²) in [7, 11) is 0. The zero-order valence-electron chi connectivity index (χ0n) is 12.5. The van der Waals surface area contributed by atoms with Gasteiger partial charge in [-0.2, -0.15) is 18.4 Å². The van der Waals surface area contributed by atoms with Crippen molar-refractivity contribution >= 4 is 17.4 Å². The van der Waals surface area contributed by atoms with Gasteiger partial charge >= 0.3 is 6.18 Å². The number of alkyl halides is 3. The topological polar surface area (TPSA) is 51.8 Å². The van der Waals surface area contributed by atoms with E-state index in [1.807, 2.05) is 12.3 Å². The molecule has 0 aromatic heterocycles. The van der Waals surface area contributed by atoms with Crippen LogP contribution in [0.3, 0.4) is 0 Å². The van der Waals surface area contributed by atoms with Crippen molar-refractivity contribution in [2.75, 3.05) is 19.3 Å². The molecule has 1 saturated heterocycles. The first-order valence-corrected chi connectivity index (χ1v) is 8.20. The van der Waals surface area contributed by atoms with Crippen molar-refractivity contribution < 1.29 is 13.2 Å². The molecule has 0 amide bonds. The number of allylic oxidation sites excluding steroid dienone is 1. The molecule has 1 heterocycles. The van der Waals surface area contributed by atoms with Gasteiger partial charge in [0, 0.05) is 13.1 Å². The number of hydrogen-bond donors (Lipinski definition) is 0. The highest BCUT2D eigenvalue weighted by Gasteiger charge is 2.29. The Morgan fingerprint density at radius 3 is 2.30 bits per heavy atom. The smallest absolute Gasteiger partial charge is 0.364 e. The molecule has 0 N–H and O–H groups in total. The third kappa shape index (κ3) is 4.48. The molecule has 1 aromatic carbocycles. The van der Waals surface area contributed by atoms with Crippen molar-refractivity contribution in [2.24, 2.45) is 10.2 Å². The number of likely N-dealkylation sites (tertiary alicyclic amines) is 1. The van der Waals surface area contributed by atoms with Gasteiger partial charge in [0.2, 0.25) is 0 Å². The highest BCUT2D eigenvalue weighted by atomic mass is 32.2. The van der Waals surface area contributed by atoms with Gasteiger partial charge in [0.05, 0.1) is 11.3 Å². The number of azo groups is 1. The molecule has 1 fully saturated rings. The van der Waals surface area contributed by atoms with Crippen LogP contribution in [0.25, 0.3) is 0 Å². The van der Waals surface area contributed by atoms with E-state index in [0.29, 0.717) is 0 Å². The minimum Gasteiger partial charge on any atom is -0.364 e. The summed E-state index contributed by atoms with van der Waals surface area (Å²) in [4.78, 5) is 2.08. The van der Waals surface area contributed by atoms with Crippen LogP contribution in [0.4, 0.5) is 18.9 Å². The van der Waals surface area contributed by atoms with Gasteiger partial charge in [-0.3, -0.25) is 0 Å². The molecular formula is C15H15F3N4S. The monoisotopic (exact) mass is 340 g/mol. The highest BCUT2D eigenvalue weighted by Crippen LogP contribution is 2.31. The molecule has 0 aliphatic carbocycles. The number of nitrogens with zero attached hydrogens (tertiary/aromatic N) is 4. The van der Waals surface area contributed by atoms with Gasteiger partial charge < -0.3 is 4.90 Å². The molecule has 1 aliphatic heterocycles. The van der Waals surface area contributed by atoms with Crippen LogP contribution in [0.2, 0.25) is 0 Å². The highest BCUT2D eigenvalue weighted by molar-refractivity contribution is 8.02. The van der Waals surface area contributed by atoms with Crippen LogP contribution in [0.15, 0.2) is 45.2 Å². The average Bonchev–Trinajstić information content (AvgIpc) is 3.05. The number of rotatable bonds is 4. The molecule has 0 saturated carbocycles. The molecule has 0 bridgehead atoms. The molecular weight excluding hydrogens is 325 g/mol. The summed E-state index contributed by atoms with van der Waals surface area (Å²) in [6, 6.07) is 6.37. The maximum absolute atomic E-state index is 12.5. The van der Waals surface area contributed by atoms with E-state index in [1.165, 1.54) is 23.9 Å². The second kappa shape index (κ2) is 7.51. The Hall–Kier alpha value is -2.01. The second-order valence-corrected chi connectivity index (χ2v) is 5.70. The molecule has 122 valence electrons. The van der Waals surface area contributed by atoms with Crippen molar-refractivity contribution in [1.29, 1.82) is 5.26 Å². The number of benzene rings is 1. The van der Waals surface area contributed by atoms with Crippen molar-refractivity contribution in [3.8, 4) is 6.07 Å². The average molecular weight is 340 g/mol. The minimum atomic E-state index is -4.38. The first-order valence-electron chi connectivity index (χ1n) is 6.98. The van der Waals surface area contributed by atoms with Crippen LogP contribution in [-0.4, -0.2) is 24.2 Å². The zero-order valence-corrected chi connectivity index (χ0v) is 13.3. The largest absolute Gasteiger partial charge is 0.416 e. The Morgan fingerprint density at radius 2 is 1.83 bits per heavy atom. The van der Waals surface area contributed by atoms with Crippen LogP contribution in [0, 0.1) is 11.3 Å². The van der Waals surface area contributed by atoms with Gasteiger partial charge in [-0.25, -0.2) is 0 Å². The fraction of sp³-hybridized carbons (Fsp3) is 0.400. The molecule has 4 nitrogen and oxygen atoms in total. The third-order valence-electron chi connectivity index (χ3n) is 3.36. The number of hydrogen-bond acceptors (Lipinski definition) is 5. The maximum atomic E-state index is 12.5. The Bertz CT molecular complexity index is 638. The zero-order chi connectivity index (χ0) is 16.9. The summed E-state index contributed by atoms with van der Waals surface area (Å²) < 4.78 is 37.5. The SMILES string of the molecule is CS/C(=C(\C#N)N=Nc1ccc(C(F)(F)F)cc1)N1CCCC1. The minimum absolute atomic E-state index is 0.180. The van der Waals surface area contributed by atoms with E-state index in [9.17, 15) is 18.4 Å². The predicted molar refractivity (Wildman–Crippen MR) is 82.9 cm³/mol. The standard InChI is InChI=1S/C15H15F3N4S/c1-23-14(22-8-2-3-9-22)13(10-19)21-20-12-6-4-11(5-7-12)15(16,17)18/h4-7H,2-3,8-9H2,1H3/b14-13+,21-20?. The van der Waals surface area contributed by atoms with Gasteiger partial charge in [0.15, 0.2) is 5.70 Å². The Labute approximate surface area is 136 Å². The van der Waals surface area contributed by atoms with E-state index < -0.39 is 11.7 Å². The van der Waals surface area contributed by atoms with E-state index in [2.05, 4.69) is 15.1 Å². The summed E-state index contributed by atoms with van der Waals surface area (Å²) in [5.74, 6) is 0. The van der Waals surface area contributed by atoms with Crippen molar-refractivity contribution in [2.45, 2.75) is 19.0 Å². The quantitative estimate of drug-likeness (QED) is 0.576.